The van der Waals surface area contributed by atoms with Crippen molar-refractivity contribution in [2.24, 2.45) is 5.73 Å². The molecule has 0 aliphatic carbocycles. The van der Waals surface area contributed by atoms with Crippen molar-refractivity contribution in [2.45, 2.75) is 26.3 Å². The molecule has 0 radical (unpaired) electrons. The lowest BCUT2D eigenvalue weighted by molar-refractivity contribution is 0.0915. The van der Waals surface area contributed by atoms with E-state index in [2.05, 4.69) is 5.32 Å². The first-order valence-electron chi connectivity index (χ1n) is 5.04. The Morgan fingerprint density at radius 3 is 2.25 bits per heavy atom. The lowest BCUT2D eigenvalue weighted by Crippen LogP contribution is -2.48. The van der Waals surface area contributed by atoms with Gasteiger partial charge in [-0.15, -0.1) is 12.4 Å². The summed E-state index contributed by atoms with van der Waals surface area (Å²) in [5.74, 6) is -0.0783. The van der Waals surface area contributed by atoms with Gasteiger partial charge in [0.05, 0.1) is 0 Å². The zero-order valence-electron chi connectivity index (χ0n) is 9.91. The fourth-order valence-corrected chi connectivity index (χ4v) is 1.14. The predicted octanol–water partition coefficient (Wildman–Crippen LogP) is 1.88. The third kappa shape index (κ3) is 4.21. The summed E-state index contributed by atoms with van der Waals surface area (Å²) in [7, 11) is 0. The van der Waals surface area contributed by atoms with E-state index in [0.717, 1.165) is 5.56 Å². The van der Waals surface area contributed by atoms with Crippen molar-refractivity contribution in [3.8, 4) is 0 Å². The minimum atomic E-state index is -0.359. The highest BCUT2D eigenvalue weighted by Gasteiger charge is 2.18. The van der Waals surface area contributed by atoms with Gasteiger partial charge in [-0.2, -0.15) is 0 Å². The Hall–Kier alpha value is -1.06. The molecule has 4 heteroatoms. The van der Waals surface area contributed by atoms with Crippen molar-refractivity contribution in [1.82, 2.24) is 5.32 Å². The molecule has 0 atom stereocenters. The first-order chi connectivity index (χ1) is 6.94. The molecule has 0 aromatic heterocycles. The van der Waals surface area contributed by atoms with Crippen LogP contribution in [0.3, 0.4) is 0 Å². The monoisotopic (exact) mass is 242 g/mol. The van der Waals surface area contributed by atoms with Gasteiger partial charge in [0.25, 0.3) is 5.91 Å². The summed E-state index contributed by atoms with van der Waals surface area (Å²) < 4.78 is 0. The highest BCUT2D eigenvalue weighted by Crippen LogP contribution is 2.06. The summed E-state index contributed by atoms with van der Waals surface area (Å²) in [5, 5.41) is 2.88. The molecular formula is C12H19ClN2O. The molecule has 0 saturated carbocycles. The van der Waals surface area contributed by atoms with Crippen LogP contribution < -0.4 is 11.1 Å². The van der Waals surface area contributed by atoms with E-state index < -0.39 is 0 Å². The van der Waals surface area contributed by atoms with Crippen LogP contribution in [0.4, 0.5) is 0 Å². The van der Waals surface area contributed by atoms with E-state index in [0.29, 0.717) is 12.1 Å². The number of halogens is 1. The number of carbonyl (C=O) groups is 1. The van der Waals surface area contributed by atoms with Gasteiger partial charge in [-0.25, -0.2) is 0 Å². The van der Waals surface area contributed by atoms with Crippen LogP contribution in [0.1, 0.15) is 29.8 Å². The number of hydrogen-bond donors (Lipinski definition) is 2. The van der Waals surface area contributed by atoms with Crippen LogP contribution in [0, 0.1) is 6.92 Å². The molecule has 0 aliphatic rings. The molecule has 1 amide bonds. The zero-order chi connectivity index (χ0) is 11.5. The smallest absolute Gasteiger partial charge is 0.251 e. The Labute approximate surface area is 103 Å². The van der Waals surface area contributed by atoms with E-state index in [1.54, 1.807) is 0 Å². The molecule has 0 saturated heterocycles. The van der Waals surface area contributed by atoms with Crippen molar-refractivity contribution >= 4 is 18.3 Å². The standard InChI is InChI=1S/C12H18N2O.ClH/c1-9-4-6-10(7-5-9)11(15)14-12(2,3)8-13;/h4-7H,8,13H2,1-3H3,(H,14,15);1H. The van der Waals surface area contributed by atoms with Crippen LogP contribution in [-0.4, -0.2) is 18.0 Å². The minimum absolute atomic E-state index is 0. The maximum atomic E-state index is 11.8. The number of aryl methyl sites for hydroxylation is 1. The normalized spacial score (nSPS) is 10.5. The van der Waals surface area contributed by atoms with Gasteiger partial charge >= 0.3 is 0 Å². The molecule has 0 bridgehead atoms. The maximum absolute atomic E-state index is 11.8. The molecule has 3 N–H and O–H groups in total. The van der Waals surface area contributed by atoms with Gasteiger partial charge in [0.2, 0.25) is 0 Å². The summed E-state index contributed by atoms with van der Waals surface area (Å²) in [5.41, 5.74) is 6.99. The van der Waals surface area contributed by atoms with Crippen molar-refractivity contribution in [1.29, 1.82) is 0 Å². The lowest BCUT2D eigenvalue weighted by atomic mass is 10.0. The van der Waals surface area contributed by atoms with Gasteiger partial charge in [-0.3, -0.25) is 4.79 Å². The summed E-state index contributed by atoms with van der Waals surface area (Å²) in [6, 6.07) is 7.48. The third-order valence-electron chi connectivity index (χ3n) is 2.28. The van der Waals surface area contributed by atoms with Crippen molar-refractivity contribution in [3.63, 3.8) is 0 Å². The third-order valence-corrected chi connectivity index (χ3v) is 2.28. The van der Waals surface area contributed by atoms with Gasteiger partial charge < -0.3 is 11.1 Å². The lowest BCUT2D eigenvalue weighted by Gasteiger charge is -2.24. The quantitative estimate of drug-likeness (QED) is 0.851. The fraction of sp³-hybridized carbons (Fsp3) is 0.417. The van der Waals surface area contributed by atoms with E-state index in [-0.39, 0.29) is 23.9 Å². The second-order valence-electron chi connectivity index (χ2n) is 4.41. The second kappa shape index (κ2) is 5.87. The summed E-state index contributed by atoms with van der Waals surface area (Å²) in [6.07, 6.45) is 0. The number of amides is 1. The number of carbonyl (C=O) groups excluding carboxylic acids is 1. The predicted molar refractivity (Wildman–Crippen MR) is 69.0 cm³/mol. The van der Waals surface area contributed by atoms with Gasteiger partial charge in [0, 0.05) is 17.6 Å². The largest absolute Gasteiger partial charge is 0.346 e. The first-order valence-corrected chi connectivity index (χ1v) is 5.04. The van der Waals surface area contributed by atoms with Crippen LogP contribution in [-0.2, 0) is 0 Å². The topological polar surface area (TPSA) is 55.1 Å². The van der Waals surface area contributed by atoms with Gasteiger partial charge in [0.15, 0.2) is 0 Å². The Bertz CT molecular complexity index is 347. The second-order valence-corrected chi connectivity index (χ2v) is 4.41. The minimum Gasteiger partial charge on any atom is -0.346 e. The van der Waals surface area contributed by atoms with Crippen LogP contribution >= 0.6 is 12.4 Å². The number of hydrogen-bond acceptors (Lipinski definition) is 2. The summed E-state index contributed by atoms with van der Waals surface area (Å²) >= 11 is 0. The molecule has 16 heavy (non-hydrogen) atoms. The van der Waals surface area contributed by atoms with Crippen molar-refractivity contribution in [3.05, 3.63) is 35.4 Å². The summed E-state index contributed by atoms with van der Waals surface area (Å²) in [6.45, 7) is 6.22. The molecule has 90 valence electrons. The Kier molecular flexibility index (Phi) is 5.48. The molecule has 0 spiro atoms. The molecule has 1 aromatic rings. The number of nitrogens with two attached hydrogens (primary N) is 1. The molecule has 0 heterocycles. The maximum Gasteiger partial charge on any atom is 0.251 e. The van der Waals surface area contributed by atoms with Crippen molar-refractivity contribution in [2.75, 3.05) is 6.54 Å². The van der Waals surface area contributed by atoms with E-state index in [9.17, 15) is 4.79 Å². The molecule has 0 unspecified atom stereocenters. The first kappa shape index (κ1) is 14.9. The van der Waals surface area contributed by atoms with Gasteiger partial charge in [-0.1, -0.05) is 17.7 Å². The van der Waals surface area contributed by atoms with E-state index >= 15 is 0 Å². The molecule has 0 fully saturated rings. The highest BCUT2D eigenvalue weighted by molar-refractivity contribution is 5.94. The van der Waals surface area contributed by atoms with E-state index in [1.807, 2.05) is 45.0 Å². The number of benzene rings is 1. The van der Waals surface area contributed by atoms with Crippen molar-refractivity contribution < 1.29 is 4.79 Å². The molecule has 1 rings (SSSR count). The Balaban J connectivity index is 0.00000225. The molecule has 1 aromatic carbocycles. The average molecular weight is 243 g/mol. The van der Waals surface area contributed by atoms with Gasteiger partial charge in [0.1, 0.15) is 0 Å². The molecular weight excluding hydrogens is 224 g/mol. The number of nitrogens with one attached hydrogen (secondary N) is 1. The molecule has 3 nitrogen and oxygen atoms in total. The zero-order valence-corrected chi connectivity index (χ0v) is 10.7. The SMILES string of the molecule is Cc1ccc(C(=O)NC(C)(C)CN)cc1.Cl. The molecule has 0 aliphatic heterocycles. The number of rotatable bonds is 3. The van der Waals surface area contributed by atoms with Crippen LogP contribution in [0.5, 0.6) is 0 Å². The average Bonchev–Trinajstić information content (AvgIpc) is 2.18. The van der Waals surface area contributed by atoms with Gasteiger partial charge in [-0.05, 0) is 32.9 Å². The van der Waals surface area contributed by atoms with E-state index in [1.165, 1.54) is 0 Å². The van der Waals surface area contributed by atoms with Crippen LogP contribution in [0.15, 0.2) is 24.3 Å². The Morgan fingerprint density at radius 1 is 1.31 bits per heavy atom. The Morgan fingerprint density at radius 2 is 1.81 bits per heavy atom. The van der Waals surface area contributed by atoms with Crippen LogP contribution in [0.2, 0.25) is 0 Å². The highest BCUT2D eigenvalue weighted by atomic mass is 35.5. The van der Waals surface area contributed by atoms with Crippen LogP contribution in [0.25, 0.3) is 0 Å². The fourth-order valence-electron chi connectivity index (χ4n) is 1.14. The van der Waals surface area contributed by atoms with E-state index in [4.69, 9.17) is 5.73 Å². The summed E-state index contributed by atoms with van der Waals surface area (Å²) in [4.78, 5) is 11.8.